The highest BCUT2D eigenvalue weighted by Crippen LogP contribution is 2.49. The SMILES string of the molecule is Cc1c(C)c(Br)c(C)c(C2(C(=O)O)CCCC2)c1O. The molecular formula is C15H19BrO3. The van der Waals surface area contributed by atoms with Gasteiger partial charge in [-0.15, -0.1) is 0 Å². The van der Waals surface area contributed by atoms with Crippen LogP contribution in [0.5, 0.6) is 5.75 Å². The third-order valence-electron chi connectivity index (χ3n) is 4.53. The average Bonchev–Trinajstić information content (AvgIpc) is 2.85. The molecule has 1 aromatic carbocycles. The van der Waals surface area contributed by atoms with Gasteiger partial charge in [0.1, 0.15) is 5.75 Å². The van der Waals surface area contributed by atoms with Crippen molar-refractivity contribution < 1.29 is 15.0 Å². The second-order valence-electron chi connectivity index (χ2n) is 5.51. The highest BCUT2D eigenvalue weighted by atomic mass is 79.9. The Bertz CT molecular complexity index is 514. The van der Waals surface area contributed by atoms with E-state index >= 15 is 0 Å². The van der Waals surface area contributed by atoms with Gasteiger partial charge >= 0.3 is 5.97 Å². The van der Waals surface area contributed by atoms with Crippen molar-refractivity contribution >= 4 is 21.9 Å². The smallest absolute Gasteiger partial charge is 0.314 e. The van der Waals surface area contributed by atoms with E-state index in [0.29, 0.717) is 18.4 Å². The number of phenolic OH excluding ortho intramolecular Hbond substituents is 1. The fourth-order valence-corrected chi connectivity index (χ4v) is 3.73. The molecular weight excluding hydrogens is 308 g/mol. The molecule has 1 aromatic rings. The summed E-state index contributed by atoms with van der Waals surface area (Å²) in [5.41, 5.74) is 2.27. The predicted octanol–water partition coefficient (Wildman–Crippen LogP) is 3.98. The lowest BCUT2D eigenvalue weighted by molar-refractivity contribution is -0.143. The maximum Gasteiger partial charge on any atom is 0.314 e. The Morgan fingerprint density at radius 2 is 1.63 bits per heavy atom. The van der Waals surface area contributed by atoms with Crippen LogP contribution in [0.15, 0.2) is 4.47 Å². The molecule has 0 amide bonds. The molecule has 0 unspecified atom stereocenters. The Kier molecular flexibility index (Phi) is 3.65. The molecule has 2 N–H and O–H groups in total. The van der Waals surface area contributed by atoms with Crippen LogP contribution in [-0.2, 0) is 10.2 Å². The summed E-state index contributed by atoms with van der Waals surface area (Å²) in [6.07, 6.45) is 3.00. The minimum absolute atomic E-state index is 0.155. The van der Waals surface area contributed by atoms with Crippen molar-refractivity contribution in [1.29, 1.82) is 0 Å². The number of hydrogen-bond acceptors (Lipinski definition) is 2. The van der Waals surface area contributed by atoms with Gasteiger partial charge in [0.15, 0.2) is 0 Å². The summed E-state index contributed by atoms with van der Waals surface area (Å²) in [7, 11) is 0. The number of hydrogen-bond donors (Lipinski definition) is 2. The molecule has 1 aliphatic rings. The first-order chi connectivity index (χ1) is 8.83. The summed E-state index contributed by atoms with van der Waals surface area (Å²) in [4.78, 5) is 11.8. The molecule has 2 rings (SSSR count). The molecule has 0 spiro atoms. The van der Waals surface area contributed by atoms with Gasteiger partial charge in [0.05, 0.1) is 5.41 Å². The number of benzene rings is 1. The fourth-order valence-electron chi connectivity index (χ4n) is 3.23. The first-order valence-electron chi connectivity index (χ1n) is 6.55. The van der Waals surface area contributed by atoms with Gasteiger partial charge in [0.25, 0.3) is 0 Å². The van der Waals surface area contributed by atoms with Crippen molar-refractivity contribution in [2.45, 2.75) is 51.9 Å². The van der Waals surface area contributed by atoms with E-state index in [2.05, 4.69) is 15.9 Å². The second-order valence-corrected chi connectivity index (χ2v) is 6.30. The fraction of sp³-hybridized carbons (Fsp3) is 0.533. The van der Waals surface area contributed by atoms with Crippen LogP contribution in [0.25, 0.3) is 0 Å². The van der Waals surface area contributed by atoms with Crippen LogP contribution >= 0.6 is 15.9 Å². The maximum absolute atomic E-state index is 11.8. The molecule has 1 fully saturated rings. The monoisotopic (exact) mass is 326 g/mol. The highest BCUT2D eigenvalue weighted by Gasteiger charge is 2.46. The number of halogens is 1. The van der Waals surface area contributed by atoms with E-state index in [-0.39, 0.29) is 5.75 Å². The van der Waals surface area contributed by atoms with Gasteiger partial charge in [0, 0.05) is 10.0 Å². The zero-order valence-corrected chi connectivity index (χ0v) is 13.1. The van der Waals surface area contributed by atoms with Crippen LogP contribution in [0, 0.1) is 20.8 Å². The van der Waals surface area contributed by atoms with Crippen molar-refractivity contribution in [1.82, 2.24) is 0 Å². The summed E-state index contributed by atoms with van der Waals surface area (Å²) in [6.45, 7) is 5.65. The topological polar surface area (TPSA) is 57.5 Å². The molecule has 0 atom stereocenters. The maximum atomic E-state index is 11.8. The van der Waals surface area contributed by atoms with Crippen molar-refractivity contribution in [2.24, 2.45) is 0 Å². The summed E-state index contributed by atoms with van der Waals surface area (Å²) < 4.78 is 0.908. The van der Waals surface area contributed by atoms with Gasteiger partial charge < -0.3 is 10.2 Å². The van der Waals surface area contributed by atoms with E-state index in [1.54, 1.807) is 0 Å². The second kappa shape index (κ2) is 4.82. The van der Waals surface area contributed by atoms with Gasteiger partial charge in [0.2, 0.25) is 0 Å². The first-order valence-corrected chi connectivity index (χ1v) is 7.34. The van der Waals surface area contributed by atoms with E-state index < -0.39 is 11.4 Å². The van der Waals surface area contributed by atoms with Crippen LogP contribution in [0.1, 0.15) is 47.9 Å². The van der Waals surface area contributed by atoms with E-state index in [4.69, 9.17) is 0 Å². The van der Waals surface area contributed by atoms with Crippen LogP contribution < -0.4 is 0 Å². The highest BCUT2D eigenvalue weighted by molar-refractivity contribution is 9.10. The van der Waals surface area contributed by atoms with Crippen molar-refractivity contribution in [3.63, 3.8) is 0 Å². The molecule has 19 heavy (non-hydrogen) atoms. The zero-order valence-electron chi connectivity index (χ0n) is 11.5. The molecule has 0 bridgehead atoms. The molecule has 1 saturated carbocycles. The molecule has 4 heteroatoms. The number of aromatic hydroxyl groups is 1. The number of aliphatic carboxylic acids is 1. The summed E-state index contributed by atoms with van der Waals surface area (Å²) in [5, 5.41) is 20.2. The van der Waals surface area contributed by atoms with Crippen LogP contribution in [-0.4, -0.2) is 16.2 Å². The number of carboxylic acid groups (broad SMARTS) is 1. The lowest BCUT2D eigenvalue weighted by Gasteiger charge is -2.29. The number of rotatable bonds is 2. The molecule has 0 aromatic heterocycles. The quantitative estimate of drug-likeness (QED) is 0.864. The Hall–Kier alpha value is -1.03. The molecule has 0 heterocycles. The van der Waals surface area contributed by atoms with Gasteiger partial charge in [-0.05, 0) is 50.3 Å². The molecule has 0 aliphatic heterocycles. The van der Waals surface area contributed by atoms with Crippen LogP contribution in [0.3, 0.4) is 0 Å². The molecule has 104 valence electrons. The summed E-state index contributed by atoms with van der Waals surface area (Å²) in [5.74, 6) is -0.666. The Balaban J connectivity index is 2.78. The van der Waals surface area contributed by atoms with Gasteiger partial charge in [-0.1, -0.05) is 28.8 Å². The number of carboxylic acids is 1. The minimum atomic E-state index is -0.921. The third kappa shape index (κ3) is 1.97. The zero-order chi connectivity index (χ0) is 14.4. The Labute approximate surface area is 121 Å². The summed E-state index contributed by atoms with van der Waals surface area (Å²) in [6, 6.07) is 0. The van der Waals surface area contributed by atoms with E-state index in [9.17, 15) is 15.0 Å². The normalized spacial score (nSPS) is 17.7. The number of phenols is 1. The van der Waals surface area contributed by atoms with E-state index in [1.807, 2.05) is 20.8 Å². The lowest BCUT2D eigenvalue weighted by atomic mass is 9.75. The molecule has 0 radical (unpaired) electrons. The van der Waals surface area contributed by atoms with Gasteiger partial charge in [-0.25, -0.2) is 0 Å². The van der Waals surface area contributed by atoms with Crippen molar-refractivity contribution in [2.75, 3.05) is 0 Å². The molecule has 3 nitrogen and oxygen atoms in total. The van der Waals surface area contributed by atoms with E-state index in [0.717, 1.165) is 34.0 Å². The predicted molar refractivity (Wildman–Crippen MR) is 77.8 cm³/mol. The van der Waals surface area contributed by atoms with Crippen LogP contribution in [0.2, 0.25) is 0 Å². The summed E-state index contributed by atoms with van der Waals surface area (Å²) >= 11 is 3.53. The third-order valence-corrected chi connectivity index (χ3v) is 5.72. The van der Waals surface area contributed by atoms with E-state index in [1.165, 1.54) is 0 Å². The van der Waals surface area contributed by atoms with Crippen molar-refractivity contribution in [3.05, 3.63) is 26.7 Å². The molecule has 1 aliphatic carbocycles. The number of carbonyl (C=O) groups is 1. The Morgan fingerprint density at radius 3 is 2.11 bits per heavy atom. The minimum Gasteiger partial charge on any atom is -0.507 e. The molecule has 0 saturated heterocycles. The lowest BCUT2D eigenvalue weighted by Crippen LogP contribution is -2.34. The standard InChI is InChI=1S/C15H19BrO3/c1-8-9(2)13(17)11(10(3)12(8)16)15(14(18)19)6-4-5-7-15/h17H,4-7H2,1-3H3,(H,18,19). The van der Waals surface area contributed by atoms with Gasteiger partial charge in [-0.3, -0.25) is 4.79 Å². The van der Waals surface area contributed by atoms with Crippen molar-refractivity contribution in [3.8, 4) is 5.75 Å². The average molecular weight is 327 g/mol. The Morgan fingerprint density at radius 1 is 1.11 bits per heavy atom. The first kappa shape index (κ1) is 14.4. The van der Waals surface area contributed by atoms with Gasteiger partial charge in [-0.2, -0.15) is 0 Å². The largest absolute Gasteiger partial charge is 0.507 e. The van der Waals surface area contributed by atoms with Crippen LogP contribution in [0.4, 0.5) is 0 Å².